The van der Waals surface area contributed by atoms with Gasteiger partial charge in [-0.1, -0.05) is 52.0 Å². The lowest BCUT2D eigenvalue weighted by Crippen LogP contribution is -2.31. The summed E-state index contributed by atoms with van der Waals surface area (Å²) in [5.41, 5.74) is 11.7. The van der Waals surface area contributed by atoms with Gasteiger partial charge in [0.25, 0.3) is 0 Å². The van der Waals surface area contributed by atoms with Crippen molar-refractivity contribution >= 4 is 5.78 Å². The summed E-state index contributed by atoms with van der Waals surface area (Å²) in [6.07, 6.45) is 13.2. The van der Waals surface area contributed by atoms with Gasteiger partial charge < -0.3 is 5.43 Å². The van der Waals surface area contributed by atoms with Gasteiger partial charge in [0, 0.05) is 18.3 Å². The first-order valence-corrected chi connectivity index (χ1v) is 9.43. The van der Waals surface area contributed by atoms with Gasteiger partial charge in [-0.2, -0.15) is 0 Å². The van der Waals surface area contributed by atoms with E-state index >= 15 is 0 Å². The molecule has 2 rings (SSSR count). The van der Waals surface area contributed by atoms with E-state index in [0.717, 1.165) is 25.0 Å². The van der Waals surface area contributed by atoms with E-state index in [-0.39, 0.29) is 5.78 Å². The van der Waals surface area contributed by atoms with Gasteiger partial charge in [0.2, 0.25) is 0 Å². The minimum atomic E-state index is 0.0245. The summed E-state index contributed by atoms with van der Waals surface area (Å²) in [6, 6.07) is 0. The normalized spacial score (nSPS) is 25.6. The van der Waals surface area contributed by atoms with E-state index < -0.39 is 0 Å². The van der Waals surface area contributed by atoms with Crippen molar-refractivity contribution in [2.24, 2.45) is 11.8 Å². The summed E-state index contributed by atoms with van der Waals surface area (Å²) in [6.45, 7) is 13.2. The van der Waals surface area contributed by atoms with Crippen LogP contribution in [0.5, 0.6) is 0 Å². The van der Waals surface area contributed by atoms with Crippen LogP contribution in [-0.4, -0.2) is 12.3 Å². The molecule has 0 amide bonds. The predicted octanol–water partition coefficient (Wildman–Crippen LogP) is 4.77. The average molecular weight is 341 g/mol. The van der Waals surface area contributed by atoms with E-state index in [1.54, 1.807) is 13.1 Å². The number of hydrazine groups is 1. The van der Waals surface area contributed by atoms with Crippen LogP contribution in [-0.2, 0) is 4.79 Å². The fourth-order valence-electron chi connectivity index (χ4n) is 3.57. The topological polar surface area (TPSA) is 41.1 Å². The van der Waals surface area contributed by atoms with Crippen molar-refractivity contribution < 1.29 is 4.79 Å². The molecule has 1 atom stereocenters. The van der Waals surface area contributed by atoms with E-state index in [4.69, 9.17) is 0 Å². The number of hydrogen-bond acceptors (Lipinski definition) is 3. The Labute approximate surface area is 152 Å². The summed E-state index contributed by atoms with van der Waals surface area (Å²) in [4.78, 5) is 11.9. The molecule has 0 spiro atoms. The number of rotatable bonds is 5. The number of fused-ring (bicyclic) bond motifs is 1. The molecule has 0 aromatic carbocycles. The molecule has 1 unspecified atom stereocenters. The van der Waals surface area contributed by atoms with E-state index in [9.17, 15) is 4.79 Å². The molecule has 0 aromatic heterocycles. The van der Waals surface area contributed by atoms with Crippen molar-refractivity contribution in [3.8, 4) is 0 Å². The maximum atomic E-state index is 11.9. The molecule has 1 aliphatic carbocycles. The van der Waals surface area contributed by atoms with E-state index in [0.29, 0.717) is 17.4 Å². The first-order chi connectivity index (χ1) is 11.9. The summed E-state index contributed by atoms with van der Waals surface area (Å²) < 4.78 is 0. The van der Waals surface area contributed by atoms with Crippen LogP contribution in [0.3, 0.4) is 0 Å². The highest BCUT2D eigenvalue weighted by Crippen LogP contribution is 2.34. The zero-order valence-electron chi connectivity index (χ0n) is 16.1. The summed E-state index contributed by atoms with van der Waals surface area (Å²) >= 11 is 0. The third-order valence-corrected chi connectivity index (χ3v) is 4.71. The molecule has 2 N–H and O–H groups in total. The predicted molar refractivity (Wildman–Crippen MR) is 106 cm³/mol. The molecular weight excluding hydrogens is 308 g/mol. The third kappa shape index (κ3) is 5.30. The molecule has 0 bridgehead atoms. The summed E-state index contributed by atoms with van der Waals surface area (Å²) in [5.74, 6) is 1.20. The molecule has 0 radical (unpaired) electrons. The fraction of sp³-hybridized carbons (Fsp3) is 0.500. The first kappa shape index (κ1) is 19.5. The minimum absolute atomic E-state index is 0.0245. The van der Waals surface area contributed by atoms with Crippen LogP contribution in [0.4, 0.5) is 0 Å². The smallest absolute Gasteiger partial charge is 0.161 e. The lowest BCUT2D eigenvalue weighted by Gasteiger charge is -2.26. The van der Waals surface area contributed by atoms with Gasteiger partial charge >= 0.3 is 0 Å². The fourth-order valence-corrected chi connectivity index (χ4v) is 3.57. The molecule has 136 valence electrons. The van der Waals surface area contributed by atoms with Gasteiger partial charge in [0.05, 0.1) is 0 Å². The second-order valence-corrected chi connectivity index (χ2v) is 7.50. The monoisotopic (exact) mass is 340 g/mol. The van der Waals surface area contributed by atoms with Crippen LogP contribution in [0.25, 0.3) is 0 Å². The molecule has 2 aliphatic rings. The number of Topliss-reactive ketones (excluding diaryl/α,β-unsaturated/α-hetero) is 1. The van der Waals surface area contributed by atoms with Crippen LogP contribution >= 0.6 is 0 Å². The third-order valence-electron chi connectivity index (χ3n) is 4.71. The molecule has 0 saturated heterocycles. The van der Waals surface area contributed by atoms with Gasteiger partial charge in [-0.15, -0.1) is 0 Å². The Kier molecular flexibility index (Phi) is 7.01. The molecular formula is C22H32N2O. The van der Waals surface area contributed by atoms with Crippen LogP contribution in [0, 0.1) is 11.8 Å². The van der Waals surface area contributed by atoms with Gasteiger partial charge in [-0.25, -0.2) is 5.43 Å². The van der Waals surface area contributed by atoms with Crippen LogP contribution in [0.15, 0.2) is 58.9 Å². The Balaban J connectivity index is 2.43. The van der Waals surface area contributed by atoms with E-state index in [1.165, 1.54) is 29.6 Å². The average Bonchev–Trinajstić information content (AvgIpc) is 2.53. The number of ketones is 1. The number of carbonyl (C=O) groups excluding carboxylic acids is 1. The number of carbonyl (C=O) groups is 1. The molecule has 3 heteroatoms. The van der Waals surface area contributed by atoms with Crippen molar-refractivity contribution in [2.45, 2.75) is 53.4 Å². The second-order valence-electron chi connectivity index (χ2n) is 7.50. The Morgan fingerprint density at radius 1 is 1.40 bits per heavy atom. The molecule has 1 heterocycles. The molecule has 1 aliphatic heterocycles. The Morgan fingerprint density at radius 3 is 2.80 bits per heavy atom. The van der Waals surface area contributed by atoms with Gasteiger partial charge in [0.1, 0.15) is 0 Å². The van der Waals surface area contributed by atoms with Crippen molar-refractivity contribution in [1.82, 2.24) is 10.9 Å². The molecule has 3 nitrogen and oxygen atoms in total. The molecule has 0 fully saturated rings. The standard InChI is InChI=1S/C22H32N2O/c1-6-7-18-8-9-21-19(10-15(2)3)11-16(4)22(17(5)25)14-24-23-13-20(21)12-18/h9,11-12,14-15,18,23-24H,4,6-8,10,13H2,1-3,5H3/b19-11+,22-14+. The SMILES string of the molecule is C=C1/C=C(\CC(C)C)C2=CCC(CCC)C=C2CNN/C=C\1C(C)=O. The van der Waals surface area contributed by atoms with Crippen molar-refractivity contribution in [3.63, 3.8) is 0 Å². The summed E-state index contributed by atoms with van der Waals surface area (Å²) in [5, 5.41) is 0. The Hall–Kier alpha value is -1.87. The van der Waals surface area contributed by atoms with Gasteiger partial charge in [-0.3, -0.25) is 4.79 Å². The first-order valence-electron chi connectivity index (χ1n) is 9.43. The van der Waals surface area contributed by atoms with Gasteiger partial charge in [-0.05, 0) is 60.3 Å². The molecule has 25 heavy (non-hydrogen) atoms. The maximum absolute atomic E-state index is 11.9. The number of hydrogen-bond donors (Lipinski definition) is 2. The Morgan fingerprint density at radius 2 is 2.16 bits per heavy atom. The highest BCUT2D eigenvalue weighted by molar-refractivity contribution is 5.98. The molecule has 0 saturated carbocycles. The molecule has 0 aromatic rings. The lowest BCUT2D eigenvalue weighted by atomic mass is 9.81. The highest BCUT2D eigenvalue weighted by Gasteiger charge is 2.20. The van der Waals surface area contributed by atoms with Crippen LogP contribution < -0.4 is 10.9 Å². The lowest BCUT2D eigenvalue weighted by molar-refractivity contribution is -0.113. The number of nitrogens with one attached hydrogen (secondary N) is 2. The van der Waals surface area contributed by atoms with E-state index in [2.05, 4.69) is 56.4 Å². The van der Waals surface area contributed by atoms with Crippen LogP contribution in [0.2, 0.25) is 0 Å². The van der Waals surface area contributed by atoms with Gasteiger partial charge in [0.15, 0.2) is 5.78 Å². The largest absolute Gasteiger partial charge is 0.328 e. The zero-order valence-corrected chi connectivity index (χ0v) is 16.1. The Bertz CT molecular complexity index is 647. The van der Waals surface area contributed by atoms with Crippen molar-refractivity contribution in [3.05, 3.63) is 58.9 Å². The summed E-state index contributed by atoms with van der Waals surface area (Å²) in [7, 11) is 0. The quantitative estimate of drug-likeness (QED) is 0.757. The van der Waals surface area contributed by atoms with Crippen molar-refractivity contribution in [1.29, 1.82) is 0 Å². The zero-order chi connectivity index (χ0) is 18.4. The van der Waals surface area contributed by atoms with E-state index in [1.807, 2.05) is 0 Å². The number of allylic oxidation sites excluding steroid dienone is 6. The maximum Gasteiger partial charge on any atom is 0.161 e. The van der Waals surface area contributed by atoms with Crippen molar-refractivity contribution in [2.75, 3.05) is 6.54 Å². The van der Waals surface area contributed by atoms with Crippen LogP contribution in [0.1, 0.15) is 53.4 Å². The highest BCUT2D eigenvalue weighted by atomic mass is 16.1. The second kappa shape index (κ2) is 9.00. The minimum Gasteiger partial charge on any atom is -0.328 e.